The van der Waals surface area contributed by atoms with Crippen LogP contribution in [0, 0.1) is 11.6 Å². The van der Waals surface area contributed by atoms with Crippen LogP contribution in [0.5, 0.6) is 0 Å². The van der Waals surface area contributed by atoms with Gasteiger partial charge in [0, 0.05) is 36.8 Å². The van der Waals surface area contributed by atoms with E-state index < -0.39 is 11.6 Å². The predicted octanol–water partition coefficient (Wildman–Crippen LogP) is 5.50. The molecule has 3 nitrogen and oxygen atoms in total. The highest BCUT2D eigenvalue weighted by atomic mass is 32.1. The lowest BCUT2D eigenvalue weighted by Gasteiger charge is -2.27. The minimum Gasteiger partial charge on any atom is -0.334 e. The van der Waals surface area contributed by atoms with Crippen LogP contribution in [0.3, 0.4) is 0 Å². The number of carbonyl (C=O) groups is 1. The quantitative estimate of drug-likeness (QED) is 0.561. The maximum atomic E-state index is 13.7. The molecule has 1 amide bonds. The Labute approximate surface area is 177 Å². The third kappa shape index (κ3) is 3.37. The Bertz CT molecular complexity index is 1200. The number of hydrogen-bond acceptors (Lipinski definition) is 3. The second kappa shape index (κ2) is 7.61. The number of benzene rings is 1. The summed E-state index contributed by atoms with van der Waals surface area (Å²) < 4.78 is 26.9. The summed E-state index contributed by atoms with van der Waals surface area (Å²) >= 11 is 1.46. The van der Waals surface area contributed by atoms with Gasteiger partial charge in [0.2, 0.25) is 0 Å². The number of rotatable bonds is 3. The van der Waals surface area contributed by atoms with Gasteiger partial charge in [-0.3, -0.25) is 9.78 Å². The van der Waals surface area contributed by atoms with Gasteiger partial charge in [-0.15, -0.1) is 11.3 Å². The van der Waals surface area contributed by atoms with Gasteiger partial charge < -0.3 is 4.90 Å². The predicted molar refractivity (Wildman–Crippen MR) is 114 cm³/mol. The second-order valence-corrected chi connectivity index (χ2v) is 8.32. The van der Waals surface area contributed by atoms with Gasteiger partial charge in [-0.1, -0.05) is 24.3 Å². The van der Waals surface area contributed by atoms with Crippen LogP contribution >= 0.6 is 11.3 Å². The summed E-state index contributed by atoms with van der Waals surface area (Å²) in [6.45, 7) is 1.25. The molecule has 0 bridgehead atoms. The zero-order valence-electron chi connectivity index (χ0n) is 16.1. The number of carbonyl (C=O) groups excluding carboxylic acids is 1. The minimum atomic E-state index is -0.866. The highest BCUT2D eigenvalue weighted by Gasteiger charge is 2.24. The minimum absolute atomic E-state index is 0.0726. The van der Waals surface area contributed by atoms with Gasteiger partial charge in [0.05, 0.1) is 10.6 Å². The molecule has 3 aromatic rings. The molecule has 0 atom stereocenters. The van der Waals surface area contributed by atoms with E-state index in [1.807, 2.05) is 28.5 Å². The zero-order chi connectivity index (χ0) is 20.7. The Kier molecular flexibility index (Phi) is 4.79. The third-order valence-corrected chi connectivity index (χ3v) is 6.44. The highest BCUT2D eigenvalue weighted by Crippen LogP contribution is 2.37. The van der Waals surface area contributed by atoms with Crippen LogP contribution < -0.4 is 0 Å². The van der Waals surface area contributed by atoms with Crippen LogP contribution in [-0.4, -0.2) is 28.9 Å². The van der Waals surface area contributed by atoms with Crippen LogP contribution in [0.15, 0.2) is 65.7 Å². The van der Waals surface area contributed by atoms with Gasteiger partial charge in [-0.25, -0.2) is 8.78 Å². The van der Waals surface area contributed by atoms with Crippen molar-refractivity contribution in [3.63, 3.8) is 0 Å². The SMILES string of the molecule is O=C(c1cccs1)N1CC=C(C2=CCc3ncc(-c4ccc(F)c(F)c4)cc32)CC1. The molecule has 0 saturated heterocycles. The first kappa shape index (κ1) is 18.9. The summed E-state index contributed by atoms with van der Waals surface area (Å²) in [5, 5.41) is 1.91. The molecule has 5 rings (SSSR count). The lowest BCUT2D eigenvalue weighted by Crippen LogP contribution is -2.34. The Morgan fingerprint density at radius 2 is 1.97 bits per heavy atom. The van der Waals surface area contributed by atoms with Crippen molar-refractivity contribution in [3.05, 3.63) is 93.5 Å². The third-order valence-electron chi connectivity index (χ3n) is 5.59. The molecule has 0 spiro atoms. The topological polar surface area (TPSA) is 33.2 Å². The van der Waals surface area contributed by atoms with Gasteiger partial charge in [0.25, 0.3) is 5.91 Å². The Morgan fingerprint density at radius 1 is 1.07 bits per heavy atom. The lowest BCUT2D eigenvalue weighted by atomic mass is 9.94. The fraction of sp³-hybridized carbons (Fsp3) is 0.167. The molecule has 2 aromatic heterocycles. The molecule has 2 aliphatic rings. The van der Waals surface area contributed by atoms with E-state index in [1.165, 1.54) is 23.0 Å². The van der Waals surface area contributed by atoms with E-state index in [1.54, 1.807) is 12.3 Å². The number of nitrogens with zero attached hydrogens (tertiary/aromatic N) is 2. The molecule has 150 valence electrons. The highest BCUT2D eigenvalue weighted by molar-refractivity contribution is 7.12. The smallest absolute Gasteiger partial charge is 0.264 e. The molecule has 1 aromatic carbocycles. The van der Waals surface area contributed by atoms with Gasteiger partial charge in [0.15, 0.2) is 11.6 Å². The van der Waals surface area contributed by atoms with Crippen LogP contribution in [0.25, 0.3) is 16.7 Å². The molecule has 1 aliphatic carbocycles. The summed E-state index contributed by atoms with van der Waals surface area (Å²) in [7, 11) is 0. The maximum absolute atomic E-state index is 13.7. The van der Waals surface area contributed by atoms with E-state index >= 15 is 0 Å². The maximum Gasteiger partial charge on any atom is 0.264 e. The summed E-state index contributed by atoms with van der Waals surface area (Å²) in [4.78, 5) is 19.7. The summed E-state index contributed by atoms with van der Waals surface area (Å²) in [5.41, 5.74) is 5.70. The average molecular weight is 420 g/mol. The molecular weight excluding hydrogens is 402 g/mol. The van der Waals surface area contributed by atoms with Gasteiger partial charge in [-0.2, -0.15) is 0 Å². The van der Waals surface area contributed by atoms with Crippen molar-refractivity contribution in [2.24, 2.45) is 0 Å². The van der Waals surface area contributed by atoms with Crippen LogP contribution in [0.1, 0.15) is 27.3 Å². The van der Waals surface area contributed by atoms with Crippen molar-refractivity contribution in [3.8, 4) is 11.1 Å². The number of amides is 1. The first-order valence-corrected chi connectivity index (χ1v) is 10.6. The molecule has 3 heterocycles. The molecule has 0 N–H and O–H groups in total. The van der Waals surface area contributed by atoms with Crippen molar-refractivity contribution in [1.29, 1.82) is 0 Å². The van der Waals surface area contributed by atoms with Gasteiger partial charge in [-0.05, 0) is 52.8 Å². The van der Waals surface area contributed by atoms with Crippen molar-refractivity contribution in [2.75, 3.05) is 13.1 Å². The monoisotopic (exact) mass is 420 g/mol. The molecule has 0 unspecified atom stereocenters. The molecule has 0 radical (unpaired) electrons. The van der Waals surface area contributed by atoms with Gasteiger partial charge >= 0.3 is 0 Å². The zero-order valence-corrected chi connectivity index (χ0v) is 16.9. The first-order chi connectivity index (χ1) is 14.6. The molecule has 1 aliphatic heterocycles. The summed E-state index contributed by atoms with van der Waals surface area (Å²) in [6.07, 6.45) is 7.50. The normalized spacial score (nSPS) is 15.6. The fourth-order valence-electron chi connectivity index (χ4n) is 3.99. The molecule has 0 fully saturated rings. The van der Waals surface area contributed by atoms with E-state index in [2.05, 4.69) is 17.1 Å². The second-order valence-electron chi connectivity index (χ2n) is 7.38. The van der Waals surface area contributed by atoms with E-state index in [4.69, 9.17) is 0 Å². The van der Waals surface area contributed by atoms with Crippen molar-refractivity contribution in [1.82, 2.24) is 9.88 Å². The first-order valence-electron chi connectivity index (χ1n) is 9.77. The number of aromatic nitrogens is 1. The average Bonchev–Trinajstić information content (AvgIpc) is 3.45. The van der Waals surface area contributed by atoms with E-state index in [0.29, 0.717) is 18.7 Å². The number of halogens is 2. The van der Waals surface area contributed by atoms with E-state index in [9.17, 15) is 13.6 Å². The number of pyridine rings is 1. The Morgan fingerprint density at radius 3 is 2.70 bits per heavy atom. The molecule has 0 saturated carbocycles. The van der Waals surface area contributed by atoms with E-state index in [-0.39, 0.29) is 5.91 Å². The Balaban J connectivity index is 1.39. The number of allylic oxidation sites excluding steroid dienone is 2. The van der Waals surface area contributed by atoms with Gasteiger partial charge in [0.1, 0.15) is 0 Å². The van der Waals surface area contributed by atoms with Crippen molar-refractivity contribution >= 4 is 22.8 Å². The van der Waals surface area contributed by atoms with Crippen molar-refractivity contribution in [2.45, 2.75) is 12.8 Å². The lowest BCUT2D eigenvalue weighted by molar-refractivity contribution is 0.0774. The van der Waals surface area contributed by atoms with E-state index in [0.717, 1.165) is 46.2 Å². The van der Waals surface area contributed by atoms with Crippen LogP contribution in [0.4, 0.5) is 8.78 Å². The fourth-order valence-corrected chi connectivity index (χ4v) is 4.68. The molecular formula is C24H18F2N2OS. The number of hydrogen-bond donors (Lipinski definition) is 0. The number of fused-ring (bicyclic) bond motifs is 1. The van der Waals surface area contributed by atoms with Crippen LogP contribution in [0.2, 0.25) is 0 Å². The summed E-state index contributed by atoms with van der Waals surface area (Å²) in [6, 6.07) is 9.64. The summed E-state index contributed by atoms with van der Waals surface area (Å²) in [5.74, 6) is -1.65. The molecule has 6 heteroatoms. The number of thiophene rings is 1. The van der Waals surface area contributed by atoms with Crippen LogP contribution in [-0.2, 0) is 6.42 Å². The van der Waals surface area contributed by atoms with Crippen molar-refractivity contribution < 1.29 is 13.6 Å². The largest absolute Gasteiger partial charge is 0.334 e. The standard InChI is InChI=1S/C24H18F2N2OS/c25-20-5-3-16(13-21(20)26)17-12-19-18(4-6-22(19)27-14-17)15-7-9-28(10-8-15)24(29)23-2-1-11-30-23/h1-5,7,11-14H,6,8-10H2. The molecule has 30 heavy (non-hydrogen) atoms. The Hall–Kier alpha value is -3.12.